The molecule has 4 rings (SSSR count). The predicted octanol–water partition coefficient (Wildman–Crippen LogP) is 2.03. The molecule has 0 unspecified atom stereocenters. The molecule has 0 aromatic rings. The molecule has 0 fully saturated rings. The number of aliphatic hydroxyl groups is 5. The van der Waals surface area contributed by atoms with Crippen molar-refractivity contribution in [3.63, 3.8) is 0 Å². The fraction of sp³-hybridized carbons (Fsp3) is 0.690. The minimum Gasteiger partial charge on any atom is -0.497 e. The average Bonchev–Trinajstić information content (AvgIpc) is 3.86. The van der Waals surface area contributed by atoms with Crippen LogP contribution in [0.1, 0.15) is 72.1 Å². The number of ether oxygens (including phenoxy) is 4. The van der Waals surface area contributed by atoms with Gasteiger partial charge in [-0.2, -0.15) is 5.26 Å². The molecular formula is C29H47N5O13Rh2. The Morgan fingerprint density at radius 2 is 0.735 bits per heavy atom. The SMILES string of the molecule is CC#N.CC(C)O.COC(=O)[C@@H]1CCC(O)=N1.COC(=O)[C@@H]1CCC(O)=N1.COC(=O)[C@@H]1CCC(O)=N1.COC(=O)[C@@H]1CCC(O)=N1.[Rh].[Rh]. The number of hydrogen-bond acceptors (Lipinski definition) is 14. The van der Waals surface area contributed by atoms with Crippen LogP contribution in [0.25, 0.3) is 0 Å². The van der Waals surface area contributed by atoms with Crippen molar-refractivity contribution in [1.29, 1.82) is 5.26 Å². The van der Waals surface area contributed by atoms with Crippen LogP contribution in [-0.2, 0) is 77.1 Å². The molecule has 4 atom stereocenters. The number of rotatable bonds is 4. The molecule has 284 valence electrons. The first-order valence-electron chi connectivity index (χ1n) is 14.4. The number of nitriles is 1. The van der Waals surface area contributed by atoms with Crippen molar-refractivity contribution in [3.8, 4) is 6.07 Å². The van der Waals surface area contributed by atoms with Crippen molar-refractivity contribution in [2.75, 3.05) is 28.4 Å². The van der Waals surface area contributed by atoms with Gasteiger partial charge in [-0.15, -0.1) is 0 Å². The topological polar surface area (TPSA) is 280 Å². The Hall–Kier alpha value is -3.54. The first-order chi connectivity index (χ1) is 22.1. The second kappa shape index (κ2) is 30.5. The average molecular weight is 880 g/mol. The van der Waals surface area contributed by atoms with Gasteiger partial charge in [0.25, 0.3) is 0 Å². The normalized spacial score (nSPS) is 20.6. The second-order valence-corrected chi connectivity index (χ2v) is 9.81. The van der Waals surface area contributed by atoms with E-state index < -0.39 is 24.2 Å². The number of esters is 4. The van der Waals surface area contributed by atoms with E-state index in [0.29, 0.717) is 51.4 Å². The Kier molecular flexibility index (Phi) is 32.5. The Balaban J connectivity index is -0.000000256. The summed E-state index contributed by atoms with van der Waals surface area (Å²) in [6.45, 7) is 4.88. The molecule has 0 saturated carbocycles. The van der Waals surface area contributed by atoms with E-state index >= 15 is 0 Å². The summed E-state index contributed by atoms with van der Waals surface area (Å²) in [5, 5.41) is 50.5. The largest absolute Gasteiger partial charge is 0.497 e. The molecule has 18 nitrogen and oxygen atoms in total. The van der Waals surface area contributed by atoms with Gasteiger partial charge in [-0.25, -0.2) is 39.1 Å². The fourth-order valence-electron chi connectivity index (χ4n) is 3.53. The summed E-state index contributed by atoms with van der Waals surface area (Å²) >= 11 is 0. The van der Waals surface area contributed by atoms with Crippen molar-refractivity contribution in [1.82, 2.24) is 0 Å². The minimum absolute atomic E-state index is 0. The smallest absolute Gasteiger partial charge is 0.330 e. The van der Waals surface area contributed by atoms with Crippen molar-refractivity contribution in [2.24, 2.45) is 20.0 Å². The molecule has 0 aromatic carbocycles. The third-order valence-electron chi connectivity index (χ3n) is 5.68. The molecule has 49 heavy (non-hydrogen) atoms. The Bertz CT molecular complexity index is 1010. The molecule has 4 aliphatic heterocycles. The number of hydrogen-bond donors (Lipinski definition) is 5. The van der Waals surface area contributed by atoms with Crippen molar-refractivity contribution in [2.45, 2.75) is 102 Å². The Labute approximate surface area is 311 Å². The summed E-state index contributed by atoms with van der Waals surface area (Å²) in [5.74, 6) is -1.28. The molecule has 0 aromatic heterocycles. The maximum absolute atomic E-state index is 10.7. The predicted molar refractivity (Wildman–Crippen MR) is 169 cm³/mol. The van der Waals surface area contributed by atoms with Gasteiger partial charge in [-0.3, -0.25) is 0 Å². The quantitative estimate of drug-likeness (QED) is 0.154. The molecule has 4 heterocycles. The third kappa shape index (κ3) is 25.1. The van der Waals surface area contributed by atoms with Crippen molar-refractivity contribution in [3.05, 3.63) is 0 Å². The molecule has 20 heteroatoms. The second-order valence-electron chi connectivity index (χ2n) is 9.81. The van der Waals surface area contributed by atoms with Gasteiger partial charge < -0.3 is 44.5 Å². The van der Waals surface area contributed by atoms with Crippen molar-refractivity contribution >= 4 is 47.5 Å². The van der Waals surface area contributed by atoms with Crippen LogP contribution < -0.4 is 0 Å². The van der Waals surface area contributed by atoms with Gasteiger partial charge in [0.15, 0.2) is 47.8 Å². The summed E-state index contributed by atoms with van der Waals surface area (Å²) in [7, 11) is 5.25. The van der Waals surface area contributed by atoms with Gasteiger partial charge in [0.1, 0.15) is 0 Å². The van der Waals surface area contributed by atoms with Crippen LogP contribution in [0.2, 0.25) is 0 Å². The van der Waals surface area contributed by atoms with E-state index in [9.17, 15) is 19.2 Å². The third-order valence-corrected chi connectivity index (χ3v) is 5.68. The van der Waals surface area contributed by atoms with Gasteiger partial charge in [0.2, 0.25) is 0 Å². The van der Waals surface area contributed by atoms with E-state index in [-0.39, 0.29) is 92.5 Å². The van der Waals surface area contributed by atoms with Gasteiger partial charge >= 0.3 is 23.9 Å². The van der Waals surface area contributed by atoms with E-state index in [1.165, 1.54) is 35.4 Å². The van der Waals surface area contributed by atoms with E-state index in [4.69, 9.17) is 30.8 Å². The van der Waals surface area contributed by atoms with Crippen LogP contribution in [0.5, 0.6) is 0 Å². The molecule has 4 aliphatic rings. The van der Waals surface area contributed by atoms with E-state index in [1.807, 2.05) is 0 Å². The fourth-order valence-corrected chi connectivity index (χ4v) is 3.53. The standard InChI is InChI=1S/4C6H9NO3.C3H8O.C2H3N.2Rh/c4*1-10-6(9)4-2-3-5(8)7-4;1-3(2)4;1-2-3;;/h4*4H,2-3H2,1H3,(H,7,8);3-4H,1-2H3;1H3;;/t4*4-;;;;/m0000..../s1. The van der Waals surface area contributed by atoms with E-state index in [0.717, 1.165) is 0 Å². The van der Waals surface area contributed by atoms with Crippen LogP contribution in [0.15, 0.2) is 20.0 Å². The first-order valence-corrected chi connectivity index (χ1v) is 14.4. The molecule has 0 aliphatic carbocycles. The van der Waals surface area contributed by atoms with Gasteiger partial charge in [-0.05, 0) is 39.5 Å². The Morgan fingerprint density at radius 3 is 0.816 bits per heavy atom. The number of aliphatic hydroxyl groups excluding tert-OH is 5. The summed E-state index contributed by atoms with van der Waals surface area (Å²) in [6, 6.07) is -0.120. The molecular weight excluding hydrogens is 832 g/mol. The molecule has 0 bridgehead atoms. The van der Waals surface area contributed by atoms with E-state index in [1.54, 1.807) is 19.9 Å². The van der Waals surface area contributed by atoms with Crippen molar-refractivity contribution < 1.29 is 103 Å². The van der Waals surface area contributed by atoms with Crippen LogP contribution in [0.3, 0.4) is 0 Å². The molecule has 0 saturated heterocycles. The number of methoxy groups -OCH3 is 4. The molecule has 2 radical (unpaired) electrons. The van der Waals surface area contributed by atoms with Crippen LogP contribution in [-0.4, -0.2) is 132 Å². The first kappa shape index (κ1) is 52.3. The van der Waals surface area contributed by atoms with E-state index in [2.05, 4.69) is 38.9 Å². The van der Waals surface area contributed by atoms with Crippen LogP contribution in [0, 0.1) is 11.3 Å². The molecule has 0 amide bonds. The number of carbonyl (C=O) groups excluding carboxylic acids is 4. The molecule has 5 N–H and O–H groups in total. The maximum Gasteiger partial charge on any atom is 0.330 e. The number of carbonyl (C=O) groups is 4. The summed E-state index contributed by atoms with van der Waals surface area (Å²) in [4.78, 5) is 57.5. The summed E-state index contributed by atoms with van der Waals surface area (Å²) in [5.41, 5.74) is 0. The monoisotopic (exact) mass is 879 g/mol. The maximum atomic E-state index is 10.7. The van der Waals surface area contributed by atoms with Gasteiger partial charge in [-0.1, -0.05) is 0 Å². The zero-order chi connectivity index (χ0) is 36.5. The Morgan fingerprint density at radius 1 is 0.592 bits per heavy atom. The van der Waals surface area contributed by atoms with Gasteiger partial charge in [0, 0.05) is 77.7 Å². The summed E-state index contributed by atoms with van der Waals surface area (Å²) < 4.78 is 17.7. The minimum atomic E-state index is -0.468. The zero-order valence-electron chi connectivity index (χ0n) is 28.4. The summed E-state index contributed by atoms with van der Waals surface area (Å²) in [6.07, 6.45) is 4.05. The number of nitrogens with zero attached hydrogens (tertiary/aromatic N) is 5. The zero-order valence-corrected chi connectivity index (χ0v) is 31.7. The van der Waals surface area contributed by atoms with Crippen LogP contribution >= 0.6 is 0 Å². The van der Waals surface area contributed by atoms with Crippen LogP contribution in [0.4, 0.5) is 0 Å². The number of aliphatic imine (C=N–C) groups is 4. The molecule has 0 spiro atoms. The van der Waals surface area contributed by atoms with Gasteiger partial charge in [0.05, 0.1) is 34.5 Å².